The van der Waals surface area contributed by atoms with Crippen molar-refractivity contribution in [1.29, 1.82) is 0 Å². The summed E-state index contributed by atoms with van der Waals surface area (Å²) in [5.74, 6) is 0. The summed E-state index contributed by atoms with van der Waals surface area (Å²) in [5, 5.41) is 7.61. The van der Waals surface area contributed by atoms with Gasteiger partial charge in [0.05, 0.1) is 5.41 Å². The minimum Gasteiger partial charge on any atom is -0.0619 e. The number of benzene rings is 10. The molecule has 0 nitrogen and oxygen atoms in total. The lowest BCUT2D eigenvalue weighted by Crippen LogP contribution is -2.26. The van der Waals surface area contributed by atoms with E-state index in [1.54, 1.807) is 0 Å². The first-order chi connectivity index (χ1) is 27.2. The number of rotatable bonds is 3. The van der Waals surface area contributed by atoms with Crippen LogP contribution in [0.25, 0.3) is 88.0 Å². The number of fused-ring (bicyclic) bond motifs is 14. The first-order valence-corrected chi connectivity index (χ1v) is 19.2. The molecule has 0 N–H and O–H groups in total. The van der Waals surface area contributed by atoms with E-state index in [0.717, 1.165) is 0 Å². The molecule has 254 valence electrons. The van der Waals surface area contributed by atoms with E-state index in [-0.39, 0.29) is 0 Å². The second-order valence-corrected chi connectivity index (χ2v) is 15.2. The van der Waals surface area contributed by atoms with Crippen LogP contribution < -0.4 is 0 Å². The van der Waals surface area contributed by atoms with Gasteiger partial charge in [-0.25, -0.2) is 0 Å². The van der Waals surface area contributed by atoms with Gasteiger partial charge in [-0.3, -0.25) is 0 Å². The standard InChI is InChI=1S/C55H34/c1-3-14-38-29-40(23-21-35(38)11-1)43-31-44(41-24-22-36-12-2-4-15-39(36)30-41)33-45(32-43)42-26-27-49-50-28-25-37-13-5-6-16-46(37)54(50)55(53(49)34-42)51-19-9-7-17-47(51)48-18-8-10-20-52(48)55/h1-34H. The lowest BCUT2D eigenvalue weighted by Gasteiger charge is -2.31. The van der Waals surface area contributed by atoms with Crippen molar-refractivity contribution in [3.63, 3.8) is 0 Å². The van der Waals surface area contributed by atoms with Crippen molar-refractivity contribution < 1.29 is 0 Å². The van der Waals surface area contributed by atoms with Gasteiger partial charge in [0, 0.05) is 0 Å². The van der Waals surface area contributed by atoms with E-state index in [1.165, 1.54) is 110 Å². The van der Waals surface area contributed by atoms with Gasteiger partial charge in [-0.1, -0.05) is 170 Å². The predicted octanol–water partition coefficient (Wildman–Crippen LogP) is 14.5. The third-order valence-corrected chi connectivity index (χ3v) is 12.4. The zero-order valence-electron chi connectivity index (χ0n) is 30.1. The molecule has 0 fully saturated rings. The van der Waals surface area contributed by atoms with Crippen LogP contribution in [0.4, 0.5) is 0 Å². The molecule has 10 aromatic carbocycles. The number of hydrogen-bond acceptors (Lipinski definition) is 0. The van der Waals surface area contributed by atoms with E-state index in [2.05, 4.69) is 206 Å². The van der Waals surface area contributed by atoms with Crippen molar-refractivity contribution in [2.24, 2.45) is 0 Å². The smallest absolute Gasteiger partial charge is 0.0619 e. The average molecular weight is 695 g/mol. The maximum atomic E-state index is 2.52. The summed E-state index contributed by atoms with van der Waals surface area (Å²) in [4.78, 5) is 0. The highest BCUT2D eigenvalue weighted by Gasteiger charge is 2.52. The average Bonchev–Trinajstić information content (AvgIpc) is 3.73. The molecule has 0 saturated heterocycles. The second kappa shape index (κ2) is 11.5. The molecule has 0 heteroatoms. The predicted molar refractivity (Wildman–Crippen MR) is 232 cm³/mol. The van der Waals surface area contributed by atoms with E-state index < -0.39 is 5.41 Å². The zero-order chi connectivity index (χ0) is 36.1. The molecule has 0 saturated carbocycles. The highest BCUT2D eigenvalue weighted by molar-refractivity contribution is 6.04. The fraction of sp³-hybridized carbons (Fsp3) is 0.0182. The van der Waals surface area contributed by atoms with Gasteiger partial charge in [-0.15, -0.1) is 0 Å². The Morgan fingerprint density at radius 1 is 0.236 bits per heavy atom. The summed E-state index contributed by atoms with van der Waals surface area (Å²) in [5.41, 5.74) is 17.7. The lowest BCUT2D eigenvalue weighted by atomic mass is 9.69. The van der Waals surface area contributed by atoms with Crippen LogP contribution in [0.5, 0.6) is 0 Å². The number of hydrogen-bond donors (Lipinski definition) is 0. The van der Waals surface area contributed by atoms with Gasteiger partial charge >= 0.3 is 0 Å². The Kier molecular flexibility index (Phi) is 6.36. The van der Waals surface area contributed by atoms with Gasteiger partial charge < -0.3 is 0 Å². The molecule has 0 amide bonds. The fourth-order valence-electron chi connectivity index (χ4n) is 9.96. The molecule has 12 rings (SSSR count). The van der Waals surface area contributed by atoms with Crippen LogP contribution in [0, 0.1) is 0 Å². The highest BCUT2D eigenvalue weighted by atomic mass is 14.5. The van der Waals surface area contributed by atoms with Crippen molar-refractivity contribution in [3.05, 3.63) is 229 Å². The van der Waals surface area contributed by atoms with Crippen LogP contribution in [-0.2, 0) is 5.41 Å². The summed E-state index contributed by atoms with van der Waals surface area (Å²) in [6.07, 6.45) is 0. The molecule has 0 aliphatic heterocycles. The van der Waals surface area contributed by atoms with E-state index in [1.807, 2.05) is 0 Å². The first-order valence-electron chi connectivity index (χ1n) is 19.2. The Bertz CT molecular complexity index is 3070. The fourth-order valence-corrected chi connectivity index (χ4v) is 9.96. The molecule has 2 aliphatic rings. The zero-order valence-corrected chi connectivity index (χ0v) is 30.1. The van der Waals surface area contributed by atoms with Crippen LogP contribution in [0.2, 0.25) is 0 Å². The molecule has 0 radical (unpaired) electrons. The third-order valence-electron chi connectivity index (χ3n) is 12.4. The molecule has 0 atom stereocenters. The SMILES string of the molecule is c1ccc2c(c1)-c1ccccc1C21c2cc(-c3cc(-c4ccc5ccccc5c4)cc(-c4ccc5ccccc5c4)c3)ccc2-c2ccc3ccccc3c21. The second-order valence-electron chi connectivity index (χ2n) is 15.2. The minimum absolute atomic E-state index is 0.439. The maximum Gasteiger partial charge on any atom is 0.0731 e. The summed E-state index contributed by atoms with van der Waals surface area (Å²) < 4.78 is 0. The van der Waals surface area contributed by atoms with Crippen LogP contribution in [0.1, 0.15) is 22.3 Å². The Morgan fingerprint density at radius 3 is 1.25 bits per heavy atom. The lowest BCUT2D eigenvalue weighted by molar-refractivity contribution is 0.801. The minimum atomic E-state index is -0.439. The van der Waals surface area contributed by atoms with E-state index in [9.17, 15) is 0 Å². The van der Waals surface area contributed by atoms with Crippen LogP contribution >= 0.6 is 0 Å². The molecular weight excluding hydrogens is 661 g/mol. The van der Waals surface area contributed by atoms with Crippen LogP contribution in [0.15, 0.2) is 206 Å². The Labute approximate surface area is 320 Å². The quantitative estimate of drug-likeness (QED) is 0.173. The summed E-state index contributed by atoms with van der Waals surface area (Å²) >= 11 is 0. The Morgan fingerprint density at radius 2 is 0.655 bits per heavy atom. The van der Waals surface area contributed by atoms with Gasteiger partial charge in [-0.05, 0) is 147 Å². The van der Waals surface area contributed by atoms with Crippen molar-refractivity contribution in [2.45, 2.75) is 5.41 Å². The van der Waals surface area contributed by atoms with E-state index >= 15 is 0 Å². The molecule has 2 aliphatic carbocycles. The third kappa shape index (κ3) is 4.34. The van der Waals surface area contributed by atoms with Crippen LogP contribution in [0.3, 0.4) is 0 Å². The van der Waals surface area contributed by atoms with Gasteiger partial charge in [0.25, 0.3) is 0 Å². The largest absolute Gasteiger partial charge is 0.0731 e. The van der Waals surface area contributed by atoms with Crippen LogP contribution in [-0.4, -0.2) is 0 Å². The molecule has 10 aromatic rings. The molecule has 55 heavy (non-hydrogen) atoms. The van der Waals surface area contributed by atoms with Crippen molar-refractivity contribution in [1.82, 2.24) is 0 Å². The van der Waals surface area contributed by atoms with Crippen molar-refractivity contribution in [2.75, 3.05) is 0 Å². The maximum absolute atomic E-state index is 2.52. The molecule has 0 heterocycles. The summed E-state index contributed by atoms with van der Waals surface area (Å²) in [6.45, 7) is 0. The Hall–Kier alpha value is -7.02. The van der Waals surface area contributed by atoms with Gasteiger partial charge in [0.1, 0.15) is 0 Å². The Balaban J connectivity index is 1.13. The topological polar surface area (TPSA) is 0 Å². The van der Waals surface area contributed by atoms with Crippen molar-refractivity contribution in [3.8, 4) is 55.6 Å². The van der Waals surface area contributed by atoms with E-state index in [4.69, 9.17) is 0 Å². The normalized spacial score (nSPS) is 13.2. The molecule has 0 bridgehead atoms. The first kappa shape index (κ1) is 30.4. The van der Waals surface area contributed by atoms with Gasteiger partial charge in [0.15, 0.2) is 0 Å². The monoisotopic (exact) mass is 694 g/mol. The molecule has 0 unspecified atom stereocenters. The highest BCUT2D eigenvalue weighted by Crippen LogP contribution is 2.64. The molecular formula is C55H34. The summed E-state index contributed by atoms with van der Waals surface area (Å²) in [7, 11) is 0. The van der Waals surface area contributed by atoms with Gasteiger partial charge in [0.2, 0.25) is 0 Å². The van der Waals surface area contributed by atoms with Crippen molar-refractivity contribution >= 4 is 32.3 Å². The molecule has 1 spiro atoms. The molecule has 0 aromatic heterocycles. The summed E-state index contributed by atoms with van der Waals surface area (Å²) in [6, 6.07) is 77.3. The van der Waals surface area contributed by atoms with Gasteiger partial charge in [-0.2, -0.15) is 0 Å². The van der Waals surface area contributed by atoms with E-state index in [0.29, 0.717) is 0 Å².